The van der Waals surface area contributed by atoms with E-state index in [9.17, 15) is 4.79 Å². The predicted octanol–water partition coefficient (Wildman–Crippen LogP) is 2.40. The van der Waals surface area contributed by atoms with Gasteiger partial charge in [-0.25, -0.2) is 0 Å². The summed E-state index contributed by atoms with van der Waals surface area (Å²) in [7, 11) is 0. The number of thioether (sulfide) groups is 1. The van der Waals surface area contributed by atoms with Gasteiger partial charge in [0, 0.05) is 18.2 Å². The third-order valence-electron chi connectivity index (χ3n) is 4.06. The molecule has 0 spiro atoms. The zero-order valence-corrected chi connectivity index (χ0v) is 13.0. The first-order chi connectivity index (χ1) is 8.07. The summed E-state index contributed by atoms with van der Waals surface area (Å²) in [5, 5.41) is 6.31. The third kappa shape index (κ3) is 4.63. The standard InChI is InChI=1S/C13H24N2OS.ClH/c1-13(2)5-3-10(4-6-13)7-14-12(16)11-8-17-9-15-11;/h10-11,15H,3-9H2,1-2H3,(H,14,16);1H. The number of hydrogen-bond donors (Lipinski definition) is 2. The summed E-state index contributed by atoms with van der Waals surface area (Å²) in [6.45, 7) is 5.57. The van der Waals surface area contributed by atoms with Crippen molar-refractivity contribution in [3.8, 4) is 0 Å². The number of rotatable bonds is 3. The Morgan fingerprint density at radius 2 is 2.06 bits per heavy atom. The monoisotopic (exact) mass is 292 g/mol. The molecule has 1 saturated heterocycles. The van der Waals surface area contributed by atoms with Crippen molar-refractivity contribution < 1.29 is 4.79 Å². The molecule has 2 rings (SSSR count). The summed E-state index contributed by atoms with van der Waals surface area (Å²) in [6, 6.07) is 0.0417. The van der Waals surface area contributed by atoms with Crippen molar-refractivity contribution in [1.29, 1.82) is 0 Å². The van der Waals surface area contributed by atoms with E-state index in [0.29, 0.717) is 11.3 Å². The van der Waals surface area contributed by atoms with Crippen LogP contribution in [0, 0.1) is 11.3 Å². The second-order valence-corrected chi connectivity index (χ2v) is 7.15. The van der Waals surface area contributed by atoms with Gasteiger partial charge in [-0.05, 0) is 37.0 Å². The van der Waals surface area contributed by atoms with Crippen LogP contribution in [-0.4, -0.2) is 30.1 Å². The van der Waals surface area contributed by atoms with E-state index in [1.54, 1.807) is 11.8 Å². The van der Waals surface area contributed by atoms with Crippen molar-refractivity contribution in [1.82, 2.24) is 10.6 Å². The molecule has 1 saturated carbocycles. The van der Waals surface area contributed by atoms with E-state index in [0.717, 1.165) is 18.2 Å². The van der Waals surface area contributed by atoms with Gasteiger partial charge in [-0.15, -0.1) is 24.2 Å². The lowest BCUT2D eigenvalue weighted by atomic mass is 9.73. The van der Waals surface area contributed by atoms with Crippen molar-refractivity contribution in [3.63, 3.8) is 0 Å². The van der Waals surface area contributed by atoms with E-state index in [2.05, 4.69) is 24.5 Å². The van der Waals surface area contributed by atoms with E-state index in [-0.39, 0.29) is 24.4 Å². The van der Waals surface area contributed by atoms with Gasteiger partial charge >= 0.3 is 0 Å². The highest BCUT2D eigenvalue weighted by Crippen LogP contribution is 2.37. The summed E-state index contributed by atoms with van der Waals surface area (Å²) < 4.78 is 0. The van der Waals surface area contributed by atoms with Crippen molar-refractivity contribution in [3.05, 3.63) is 0 Å². The first kappa shape index (κ1) is 16.1. The molecule has 1 aliphatic carbocycles. The van der Waals surface area contributed by atoms with Gasteiger partial charge in [-0.3, -0.25) is 10.1 Å². The molecule has 1 heterocycles. The maximum Gasteiger partial charge on any atom is 0.238 e. The van der Waals surface area contributed by atoms with Gasteiger partial charge in [0.1, 0.15) is 0 Å². The summed E-state index contributed by atoms with van der Waals surface area (Å²) in [6.07, 6.45) is 5.12. The molecule has 1 unspecified atom stereocenters. The third-order valence-corrected chi connectivity index (χ3v) is 5.00. The maximum absolute atomic E-state index is 11.8. The van der Waals surface area contributed by atoms with Crippen LogP contribution in [0.25, 0.3) is 0 Å². The summed E-state index contributed by atoms with van der Waals surface area (Å²) >= 11 is 1.80. The van der Waals surface area contributed by atoms with Crippen LogP contribution in [0.5, 0.6) is 0 Å². The molecule has 0 bridgehead atoms. The van der Waals surface area contributed by atoms with Crippen molar-refractivity contribution >= 4 is 30.1 Å². The van der Waals surface area contributed by atoms with Crippen LogP contribution in [0.2, 0.25) is 0 Å². The van der Waals surface area contributed by atoms with Crippen LogP contribution >= 0.6 is 24.2 Å². The van der Waals surface area contributed by atoms with Gasteiger partial charge in [-0.1, -0.05) is 13.8 Å². The fourth-order valence-corrected chi connectivity index (χ4v) is 3.54. The molecule has 2 N–H and O–H groups in total. The molecule has 18 heavy (non-hydrogen) atoms. The minimum atomic E-state index is 0. The highest BCUT2D eigenvalue weighted by atomic mass is 35.5. The molecule has 2 aliphatic rings. The molecule has 0 aromatic rings. The molecular formula is C13H25ClN2OS. The number of amides is 1. The van der Waals surface area contributed by atoms with Gasteiger partial charge in [-0.2, -0.15) is 0 Å². The molecule has 2 fully saturated rings. The predicted molar refractivity (Wildman–Crippen MR) is 80.2 cm³/mol. The van der Waals surface area contributed by atoms with E-state index >= 15 is 0 Å². The van der Waals surface area contributed by atoms with E-state index < -0.39 is 0 Å². The largest absolute Gasteiger partial charge is 0.354 e. The van der Waals surface area contributed by atoms with Crippen LogP contribution in [0.15, 0.2) is 0 Å². The Balaban J connectivity index is 0.00000162. The Hall–Kier alpha value is 0.0700. The summed E-state index contributed by atoms with van der Waals surface area (Å²) in [5.74, 6) is 2.72. The maximum atomic E-state index is 11.8. The van der Waals surface area contributed by atoms with E-state index in [4.69, 9.17) is 0 Å². The molecule has 1 amide bonds. The van der Waals surface area contributed by atoms with Gasteiger partial charge in [0.2, 0.25) is 5.91 Å². The zero-order valence-electron chi connectivity index (χ0n) is 11.3. The van der Waals surface area contributed by atoms with Crippen LogP contribution in [0.3, 0.4) is 0 Å². The molecule has 106 valence electrons. The van der Waals surface area contributed by atoms with E-state index in [1.807, 2.05) is 0 Å². The lowest BCUT2D eigenvalue weighted by Crippen LogP contribution is -2.44. The average Bonchev–Trinajstić information content (AvgIpc) is 2.80. The first-order valence-electron chi connectivity index (χ1n) is 6.66. The molecule has 1 atom stereocenters. The average molecular weight is 293 g/mol. The highest BCUT2D eigenvalue weighted by Gasteiger charge is 2.28. The Morgan fingerprint density at radius 1 is 1.39 bits per heavy atom. The van der Waals surface area contributed by atoms with Crippen LogP contribution in [0.4, 0.5) is 0 Å². The van der Waals surface area contributed by atoms with Crippen molar-refractivity contribution in [2.24, 2.45) is 11.3 Å². The lowest BCUT2D eigenvalue weighted by Gasteiger charge is -2.34. The van der Waals surface area contributed by atoms with Crippen molar-refractivity contribution in [2.45, 2.75) is 45.6 Å². The SMILES string of the molecule is CC1(C)CCC(CNC(=O)C2CSCN2)CC1.Cl. The Kier molecular flexibility index (Phi) is 6.28. The van der Waals surface area contributed by atoms with Crippen LogP contribution in [-0.2, 0) is 4.79 Å². The molecule has 0 aromatic heterocycles. The fourth-order valence-electron chi connectivity index (χ4n) is 2.59. The number of hydrogen-bond acceptors (Lipinski definition) is 3. The van der Waals surface area contributed by atoms with Gasteiger partial charge in [0.25, 0.3) is 0 Å². The molecular weight excluding hydrogens is 268 g/mol. The normalized spacial score (nSPS) is 27.6. The molecule has 1 aliphatic heterocycles. The lowest BCUT2D eigenvalue weighted by molar-refractivity contribution is -0.122. The minimum absolute atomic E-state index is 0. The second kappa shape index (κ2) is 7.01. The zero-order chi connectivity index (χ0) is 12.3. The smallest absolute Gasteiger partial charge is 0.238 e. The minimum Gasteiger partial charge on any atom is -0.354 e. The van der Waals surface area contributed by atoms with Crippen LogP contribution in [0.1, 0.15) is 39.5 Å². The highest BCUT2D eigenvalue weighted by molar-refractivity contribution is 7.99. The summed E-state index contributed by atoms with van der Waals surface area (Å²) in [4.78, 5) is 11.8. The van der Waals surface area contributed by atoms with Gasteiger partial charge in [0.15, 0.2) is 0 Å². The fraction of sp³-hybridized carbons (Fsp3) is 0.923. The second-order valence-electron chi connectivity index (χ2n) is 6.12. The number of nitrogens with one attached hydrogen (secondary N) is 2. The topological polar surface area (TPSA) is 41.1 Å². The number of carbonyl (C=O) groups is 1. The molecule has 5 heteroatoms. The number of halogens is 1. The van der Waals surface area contributed by atoms with Crippen molar-refractivity contribution in [2.75, 3.05) is 18.2 Å². The van der Waals surface area contributed by atoms with E-state index in [1.165, 1.54) is 25.7 Å². The molecule has 0 aromatic carbocycles. The first-order valence-corrected chi connectivity index (χ1v) is 7.81. The van der Waals surface area contributed by atoms with Crippen LogP contribution < -0.4 is 10.6 Å². The molecule has 3 nitrogen and oxygen atoms in total. The van der Waals surface area contributed by atoms with Gasteiger partial charge in [0.05, 0.1) is 6.04 Å². The Morgan fingerprint density at radius 3 is 2.61 bits per heavy atom. The molecule has 0 radical (unpaired) electrons. The quantitative estimate of drug-likeness (QED) is 0.839. The summed E-state index contributed by atoms with van der Waals surface area (Å²) in [5.41, 5.74) is 0.518. The number of carbonyl (C=O) groups excluding carboxylic acids is 1. The van der Waals surface area contributed by atoms with Gasteiger partial charge < -0.3 is 5.32 Å². The Bertz CT molecular complexity index is 270. The Labute approximate surface area is 121 Å².